The summed E-state index contributed by atoms with van der Waals surface area (Å²) in [7, 11) is 0. The highest BCUT2D eigenvalue weighted by Crippen LogP contribution is 2.41. The lowest BCUT2D eigenvalue weighted by atomic mass is 9.83. The van der Waals surface area contributed by atoms with E-state index in [1.54, 1.807) is 17.4 Å². The number of hydrogen-bond acceptors (Lipinski definition) is 5. The molecule has 2 aliphatic rings. The van der Waals surface area contributed by atoms with Gasteiger partial charge < -0.3 is 4.74 Å². The van der Waals surface area contributed by atoms with Gasteiger partial charge in [0, 0.05) is 30.6 Å². The Balaban J connectivity index is 1.48. The molecular formula is C23H29N3O2S. The summed E-state index contributed by atoms with van der Waals surface area (Å²) >= 11 is 1.59. The van der Waals surface area contributed by atoms with Crippen LogP contribution in [-0.4, -0.2) is 40.0 Å². The van der Waals surface area contributed by atoms with Crippen molar-refractivity contribution < 1.29 is 9.53 Å². The number of aryl methyl sites for hydroxylation is 1. The SMILES string of the molecule is Cc1nc(N2C(=O)C=C[C@]23CCN(Cc2cccc(OC(C)C)c2)[C@@H](C)C3)cs1. The number of carbonyl (C=O) groups excluding carboxylic acids is 1. The maximum atomic E-state index is 12.6. The lowest BCUT2D eigenvalue weighted by Crippen LogP contribution is -2.56. The molecule has 0 aliphatic carbocycles. The Morgan fingerprint density at radius 3 is 2.90 bits per heavy atom. The van der Waals surface area contributed by atoms with Crippen LogP contribution in [0.5, 0.6) is 5.75 Å². The molecule has 5 nitrogen and oxygen atoms in total. The largest absolute Gasteiger partial charge is 0.491 e. The molecule has 0 unspecified atom stereocenters. The molecule has 1 aromatic carbocycles. The third-order valence-corrected chi connectivity index (χ3v) is 6.56. The van der Waals surface area contributed by atoms with E-state index >= 15 is 0 Å². The van der Waals surface area contributed by atoms with Crippen molar-refractivity contribution >= 4 is 23.1 Å². The van der Waals surface area contributed by atoms with E-state index in [0.29, 0.717) is 6.04 Å². The van der Waals surface area contributed by atoms with E-state index in [9.17, 15) is 4.79 Å². The summed E-state index contributed by atoms with van der Waals surface area (Å²) in [5.74, 6) is 1.77. The minimum absolute atomic E-state index is 0.0504. The molecule has 2 aliphatic heterocycles. The van der Waals surface area contributed by atoms with Gasteiger partial charge >= 0.3 is 0 Å². The Hall–Kier alpha value is -2.18. The van der Waals surface area contributed by atoms with Crippen molar-refractivity contribution in [3.05, 3.63) is 52.4 Å². The Kier molecular flexibility index (Phi) is 5.49. The molecule has 2 aromatic rings. The molecule has 3 heterocycles. The predicted molar refractivity (Wildman–Crippen MR) is 118 cm³/mol. The van der Waals surface area contributed by atoms with Gasteiger partial charge in [-0.3, -0.25) is 14.6 Å². The number of hydrogen-bond donors (Lipinski definition) is 0. The molecule has 0 saturated carbocycles. The second kappa shape index (κ2) is 7.92. The number of rotatable bonds is 5. The summed E-state index contributed by atoms with van der Waals surface area (Å²) in [6, 6.07) is 8.74. The number of aromatic nitrogens is 1. The van der Waals surface area contributed by atoms with Gasteiger partial charge in [-0.25, -0.2) is 4.98 Å². The smallest absolute Gasteiger partial charge is 0.252 e. The van der Waals surface area contributed by atoms with Gasteiger partial charge in [0.1, 0.15) is 11.6 Å². The number of amides is 1. The number of thiazole rings is 1. The Morgan fingerprint density at radius 2 is 2.21 bits per heavy atom. The highest BCUT2D eigenvalue weighted by molar-refractivity contribution is 7.09. The Labute approximate surface area is 177 Å². The zero-order valence-corrected chi connectivity index (χ0v) is 18.4. The number of anilines is 1. The lowest BCUT2D eigenvalue weighted by molar-refractivity contribution is -0.114. The van der Waals surface area contributed by atoms with Crippen LogP contribution in [0.25, 0.3) is 0 Å². The summed E-state index contributed by atoms with van der Waals surface area (Å²) in [6.45, 7) is 10.2. The number of nitrogens with zero attached hydrogens (tertiary/aromatic N) is 3. The van der Waals surface area contributed by atoms with Crippen molar-refractivity contribution in [3.63, 3.8) is 0 Å². The van der Waals surface area contributed by atoms with Crippen LogP contribution in [-0.2, 0) is 11.3 Å². The molecule has 29 heavy (non-hydrogen) atoms. The van der Waals surface area contributed by atoms with Crippen LogP contribution in [0.4, 0.5) is 5.82 Å². The summed E-state index contributed by atoms with van der Waals surface area (Å²) in [6.07, 6.45) is 5.83. The normalized spacial score (nSPS) is 24.8. The second-order valence-electron chi connectivity index (χ2n) is 8.42. The molecule has 0 bridgehead atoms. The average molecular weight is 412 g/mol. The number of ether oxygens (including phenoxy) is 1. The maximum Gasteiger partial charge on any atom is 0.252 e. The summed E-state index contributed by atoms with van der Waals surface area (Å²) in [4.78, 5) is 21.7. The van der Waals surface area contributed by atoms with Crippen LogP contribution in [0.15, 0.2) is 41.8 Å². The van der Waals surface area contributed by atoms with Gasteiger partial charge in [-0.05, 0) is 58.2 Å². The Bertz CT molecular complexity index is 922. The minimum Gasteiger partial charge on any atom is -0.491 e. The number of likely N-dealkylation sites (tertiary alicyclic amines) is 1. The molecule has 1 aromatic heterocycles. The fourth-order valence-electron chi connectivity index (χ4n) is 4.50. The standard InChI is InChI=1S/C23H29N3O2S/c1-16(2)28-20-7-5-6-19(12-20)14-25-11-10-23(13-17(25)3)9-8-22(27)26(23)21-15-29-18(4)24-21/h5-9,12,15-17H,10-11,13-14H2,1-4H3/t17-,23+/m0/s1. The highest BCUT2D eigenvalue weighted by Gasteiger charge is 2.47. The predicted octanol–water partition coefficient (Wildman–Crippen LogP) is 4.56. The third-order valence-electron chi connectivity index (χ3n) is 5.80. The zero-order valence-electron chi connectivity index (χ0n) is 17.6. The molecule has 1 amide bonds. The minimum atomic E-state index is -0.254. The van der Waals surface area contributed by atoms with E-state index in [0.717, 1.165) is 42.5 Å². The van der Waals surface area contributed by atoms with Crippen LogP contribution in [0.1, 0.15) is 44.2 Å². The van der Waals surface area contributed by atoms with E-state index in [4.69, 9.17) is 4.74 Å². The van der Waals surface area contributed by atoms with Gasteiger partial charge in [0.15, 0.2) is 0 Å². The first-order chi connectivity index (χ1) is 13.9. The van der Waals surface area contributed by atoms with Gasteiger partial charge in [-0.2, -0.15) is 0 Å². The fourth-order valence-corrected chi connectivity index (χ4v) is 5.08. The Morgan fingerprint density at radius 1 is 1.38 bits per heavy atom. The van der Waals surface area contributed by atoms with E-state index in [1.165, 1.54) is 5.56 Å². The van der Waals surface area contributed by atoms with Crippen LogP contribution in [0, 0.1) is 6.92 Å². The molecule has 0 N–H and O–H groups in total. The summed E-state index contributed by atoms with van der Waals surface area (Å²) in [5.41, 5.74) is 1.01. The van der Waals surface area contributed by atoms with Crippen molar-refractivity contribution in [1.29, 1.82) is 0 Å². The van der Waals surface area contributed by atoms with Gasteiger partial charge in [0.05, 0.1) is 16.7 Å². The maximum absolute atomic E-state index is 12.6. The molecule has 1 spiro atoms. The van der Waals surface area contributed by atoms with Crippen molar-refractivity contribution in [2.24, 2.45) is 0 Å². The van der Waals surface area contributed by atoms with Gasteiger partial charge in [0.2, 0.25) is 0 Å². The van der Waals surface area contributed by atoms with Crippen LogP contribution in [0.2, 0.25) is 0 Å². The quantitative estimate of drug-likeness (QED) is 0.723. The van der Waals surface area contributed by atoms with Crippen LogP contribution >= 0.6 is 11.3 Å². The van der Waals surface area contributed by atoms with Crippen molar-refractivity contribution in [2.45, 2.75) is 64.8 Å². The van der Waals surface area contributed by atoms with E-state index < -0.39 is 0 Å². The summed E-state index contributed by atoms with van der Waals surface area (Å²) in [5, 5.41) is 2.99. The fraction of sp³-hybridized carbons (Fsp3) is 0.478. The first kappa shape index (κ1) is 20.1. The molecule has 4 rings (SSSR count). The first-order valence-electron chi connectivity index (χ1n) is 10.3. The van der Waals surface area contributed by atoms with Crippen molar-refractivity contribution in [1.82, 2.24) is 9.88 Å². The van der Waals surface area contributed by atoms with E-state index in [-0.39, 0.29) is 17.6 Å². The molecule has 1 fully saturated rings. The highest BCUT2D eigenvalue weighted by atomic mass is 32.1. The van der Waals surface area contributed by atoms with Crippen LogP contribution < -0.4 is 9.64 Å². The van der Waals surface area contributed by atoms with Gasteiger partial charge in [-0.1, -0.05) is 18.2 Å². The van der Waals surface area contributed by atoms with Crippen molar-refractivity contribution in [2.75, 3.05) is 11.4 Å². The lowest BCUT2D eigenvalue weighted by Gasteiger charge is -2.47. The monoisotopic (exact) mass is 411 g/mol. The van der Waals surface area contributed by atoms with E-state index in [1.807, 2.05) is 37.1 Å². The topological polar surface area (TPSA) is 45.7 Å². The first-order valence-corrected chi connectivity index (χ1v) is 11.2. The number of piperidine rings is 1. The zero-order chi connectivity index (χ0) is 20.6. The molecule has 2 atom stereocenters. The summed E-state index contributed by atoms with van der Waals surface area (Å²) < 4.78 is 5.85. The van der Waals surface area contributed by atoms with Gasteiger partial charge in [-0.15, -0.1) is 11.3 Å². The molecule has 6 heteroatoms. The van der Waals surface area contributed by atoms with Crippen molar-refractivity contribution in [3.8, 4) is 5.75 Å². The number of carbonyl (C=O) groups is 1. The number of benzene rings is 1. The molecule has 0 radical (unpaired) electrons. The molecule has 154 valence electrons. The van der Waals surface area contributed by atoms with E-state index in [2.05, 4.69) is 41.1 Å². The van der Waals surface area contributed by atoms with Crippen LogP contribution in [0.3, 0.4) is 0 Å². The van der Waals surface area contributed by atoms with Gasteiger partial charge in [0.25, 0.3) is 5.91 Å². The average Bonchev–Trinajstić information content (AvgIpc) is 3.21. The molecule has 1 saturated heterocycles. The third kappa shape index (κ3) is 4.09. The molecular weight excluding hydrogens is 382 g/mol. The second-order valence-corrected chi connectivity index (χ2v) is 9.49.